The Morgan fingerprint density at radius 1 is 0.966 bits per heavy atom. The van der Waals surface area contributed by atoms with Crippen LogP contribution in [0.25, 0.3) is 5.82 Å². The first-order chi connectivity index (χ1) is 14.1. The predicted molar refractivity (Wildman–Crippen MR) is 109 cm³/mol. The lowest BCUT2D eigenvalue weighted by Gasteiger charge is -2.09. The van der Waals surface area contributed by atoms with Crippen LogP contribution in [0.15, 0.2) is 48.7 Å². The fraction of sp³-hybridized carbons (Fsp3) is 0.318. The number of aryl methyl sites for hydroxylation is 2. The fourth-order valence-electron chi connectivity index (χ4n) is 2.72. The average molecular weight is 395 g/mol. The maximum atomic E-state index is 12.2. The summed E-state index contributed by atoms with van der Waals surface area (Å²) in [4.78, 5) is 16.5. The topological polar surface area (TPSA) is 75.5 Å². The maximum Gasteiger partial charge on any atom is 0.339 e. The van der Waals surface area contributed by atoms with E-state index in [1.54, 1.807) is 16.8 Å². The van der Waals surface area contributed by atoms with Crippen molar-refractivity contribution < 1.29 is 19.0 Å². The molecule has 2 aromatic heterocycles. The van der Waals surface area contributed by atoms with E-state index in [1.165, 1.54) is 6.20 Å². The summed E-state index contributed by atoms with van der Waals surface area (Å²) in [5.74, 6) is 1.72. The molecule has 1 aromatic carbocycles. The van der Waals surface area contributed by atoms with Gasteiger partial charge < -0.3 is 14.2 Å². The van der Waals surface area contributed by atoms with Crippen molar-refractivity contribution in [3.8, 4) is 17.3 Å². The first kappa shape index (κ1) is 20.4. The third-order valence-corrected chi connectivity index (χ3v) is 4.09. The third-order valence-electron chi connectivity index (χ3n) is 4.09. The quantitative estimate of drug-likeness (QED) is 0.404. The van der Waals surface area contributed by atoms with E-state index in [4.69, 9.17) is 14.2 Å². The van der Waals surface area contributed by atoms with Crippen molar-refractivity contribution in [1.29, 1.82) is 0 Å². The zero-order valence-electron chi connectivity index (χ0n) is 16.9. The molecule has 152 valence electrons. The summed E-state index contributed by atoms with van der Waals surface area (Å²) in [6.45, 7) is 7.03. The van der Waals surface area contributed by atoms with Crippen LogP contribution in [0.4, 0.5) is 0 Å². The number of nitrogens with zero attached hydrogens (tertiary/aromatic N) is 3. The Balaban J connectivity index is 1.45. The van der Waals surface area contributed by atoms with Gasteiger partial charge in [-0.25, -0.2) is 14.5 Å². The molecule has 3 rings (SSSR count). The number of hydrogen-bond acceptors (Lipinski definition) is 6. The Hall–Kier alpha value is -3.35. The highest BCUT2D eigenvalue weighted by molar-refractivity contribution is 5.89. The molecule has 0 saturated heterocycles. The van der Waals surface area contributed by atoms with Gasteiger partial charge in [-0.15, -0.1) is 0 Å². The molecule has 0 fully saturated rings. The number of aromatic nitrogens is 3. The molecule has 0 aliphatic rings. The number of esters is 1. The summed E-state index contributed by atoms with van der Waals surface area (Å²) in [5.41, 5.74) is 2.27. The molecule has 7 heteroatoms. The Labute approximate surface area is 170 Å². The summed E-state index contributed by atoms with van der Waals surface area (Å²) in [5, 5.41) is 4.38. The normalized spacial score (nSPS) is 10.6. The second-order valence-electron chi connectivity index (χ2n) is 6.55. The lowest BCUT2D eigenvalue weighted by molar-refractivity contribution is 0.0450. The van der Waals surface area contributed by atoms with Crippen molar-refractivity contribution in [2.75, 3.05) is 19.8 Å². The minimum Gasteiger partial charge on any atom is -0.494 e. The van der Waals surface area contributed by atoms with Crippen LogP contribution >= 0.6 is 0 Å². The Kier molecular flexibility index (Phi) is 6.84. The van der Waals surface area contributed by atoms with E-state index in [0.717, 1.165) is 23.6 Å². The van der Waals surface area contributed by atoms with Crippen LogP contribution in [0, 0.1) is 13.8 Å². The van der Waals surface area contributed by atoms with Gasteiger partial charge in [0.25, 0.3) is 0 Å². The summed E-state index contributed by atoms with van der Waals surface area (Å²) in [6, 6.07) is 12.8. The number of hydrogen-bond donors (Lipinski definition) is 0. The molecule has 0 aliphatic carbocycles. The van der Waals surface area contributed by atoms with E-state index >= 15 is 0 Å². The molecule has 0 aliphatic heterocycles. The zero-order chi connectivity index (χ0) is 20.6. The van der Waals surface area contributed by atoms with Crippen molar-refractivity contribution in [3.63, 3.8) is 0 Å². The van der Waals surface area contributed by atoms with Gasteiger partial charge in [-0.3, -0.25) is 0 Å². The minimum atomic E-state index is -0.440. The summed E-state index contributed by atoms with van der Waals surface area (Å²) in [7, 11) is 0. The number of carbonyl (C=O) groups excluding carboxylic acids is 1. The number of pyridine rings is 1. The molecule has 0 atom stereocenters. The van der Waals surface area contributed by atoms with Crippen LogP contribution in [-0.4, -0.2) is 40.6 Å². The molecular weight excluding hydrogens is 370 g/mol. The Morgan fingerprint density at radius 3 is 2.21 bits per heavy atom. The first-order valence-electron chi connectivity index (χ1n) is 9.59. The van der Waals surface area contributed by atoms with Crippen LogP contribution in [0.1, 0.15) is 35.1 Å². The van der Waals surface area contributed by atoms with E-state index in [0.29, 0.717) is 23.7 Å². The predicted octanol–water partition coefficient (Wildman–Crippen LogP) is 3.91. The van der Waals surface area contributed by atoms with Crippen LogP contribution < -0.4 is 9.47 Å². The standard InChI is InChI=1S/C22H25N3O4/c1-4-11-27-19-6-8-20(9-7-19)28-12-13-29-22(26)18-5-10-21(23-15-18)25-17(3)14-16(2)24-25/h5-10,14-15H,4,11-13H2,1-3H3. The SMILES string of the molecule is CCCOc1ccc(OCCOC(=O)c2ccc(-n3nc(C)cc3C)nc2)cc1. The molecule has 0 amide bonds. The second-order valence-corrected chi connectivity index (χ2v) is 6.55. The lowest BCUT2D eigenvalue weighted by atomic mass is 10.3. The fourth-order valence-corrected chi connectivity index (χ4v) is 2.72. The molecule has 0 saturated carbocycles. The van der Waals surface area contributed by atoms with Gasteiger partial charge in [0.2, 0.25) is 0 Å². The van der Waals surface area contributed by atoms with Crippen LogP contribution in [-0.2, 0) is 4.74 Å². The van der Waals surface area contributed by atoms with Gasteiger partial charge in [-0.05, 0) is 62.7 Å². The van der Waals surface area contributed by atoms with Gasteiger partial charge in [0.1, 0.15) is 24.7 Å². The summed E-state index contributed by atoms with van der Waals surface area (Å²) < 4.78 is 18.1. The van der Waals surface area contributed by atoms with E-state index in [9.17, 15) is 4.79 Å². The summed E-state index contributed by atoms with van der Waals surface area (Å²) >= 11 is 0. The van der Waals surface area contributed by atoms with Crippen molar-refractivity contribution >= 4 is 5.97 Å². The van der Waals surface area contributed by atoms with Gasteiger partial charge in [0.05, 0.1) is 17.9 Å². The molecule has 0 unspecified atom stereocenters. The first-order valence-corrected chi connectivity index (χ1v) is 9.59. The highest BCUT2D eigenvalue weighted by atomic mass is 16.6. The lowest BCUT2D eigenvalue weighted by Crippen LogP contribution is -2.13. The highest BCUT2D eigenvalue weighted by Crippen LogP contribution is 2.17. The number of carbonyl (C=O) groups is 1. The summed E-state index contributed by atoms with van der Waals surface area (Å²) in [6.07, 6.45) is 2.45. The van der Waals surface area contributed by atoms with Crippen molar-refractivity contribution in [2.45, 2.75) is 27.2 Å². The Bertz CT molecular complexity index is 934. The number of benzene rings is 1. The minimum absolute atomic E-state index is 0.145. The van der Waals surface area contributed by atoms with Crippen LogP contribution in [0.3, 0.4) is 0 Å². The molecule has 0 bridgehead atoms. The van der Waals surface area contributed by atoms with Crippen molar-refractivity contribution in [1.82, 2.24) is 14.8 Å². The number of ether oxygens (including phenoxy) is 3. The average Bonchev–Trinajstić information content (AvgIpc) is 3.08. The highest BCUT2D eigenvalue weighted by Gasteiger charge is 2.10. The molecule has 7 nitrogen and oxygen atoms in total. The van der Waals surface area contributed by atoms with E-state index in [-0.39, 0.29) is 13.2 Å². The molecule has 2 heterocycles. The molecule has 3 aromatic rings. The zero-order valence-corrected chi connectivity index (χ0v) is 16.9. The monoisotopic (exact) mass is 395 g/mol. The molecular formula is C22H25N3O4. The van der Waals surface area contributed by atoms with Gasteiger partial charge >= 0.3 is 5.97 Å². The number of rotatable bonds is 9. The van der Waals surface area contributed by atoms with Gasteiger partial charge in [0.15, 0.2) is 5.82 Å². The third kappa shape index (κ3) is 5.57. The molecule has 0 spiro atoms. The largest absolute Gasteiger partial charge is 0.494 e. The Morgan fingerprint density at radius 2 is 1.66 bits per heavy atom. The molecule has 0 radical (unpaired) electrons. The van der Waals surface area contributed by atoms with Crippen LogP contribution in [0.5, 0.6) is 11.5 Å². The van der Waals surface area contributed by atoms with E-state index < -0.39 is 5.97 Å². The smallest absolute Gasteiger partial charge is 0.339 e. The van der Waals surface area contributed by atoms with E-state index in [2.05, 4.69) is 17.0 Å². The van der Waals surface area contributed by atoms with Gasteiger partial charge in [-0.2, -0.15) is 5.10 Å². The van der Waals surface area contributed by atoms with Crippen molar-refractivity contribution in [3.05, 3.63) is 65.6 Å². The van der Waals surface area contributed by atoms with Gasteiger partial charge in [-0.1, -0.05) is 6.92 Å². The molecule has 0 N–H and O–H groups in total. The maximum absolute atomic E-state index is 12.2. The van der Waals surface area contributed by atoms with Crippen LogP contribution in [0.2, 0.25) is 0 Å². The molecule has 29 heavy (non-hydrogen) atoms. The van der Waals surface area contributed by atoms with E-state index in [1.807, 2.05) is 44.2 Å². The van der Waals surface area contributed by atoms with Gasteiger partial charge in [0, 0.05) is 11.9 Å². The second kappa shape index (κ2) is 9.73. The van der Waals surface area contributed by atoms with Crippen molar-refractivity contribution in [2.24, 2.45) is 0 Å².